The zero-order valence-corrected chi connectivity index (χ0v) is 11.7. The van der Waals surface area contributed by atoms with E-state index in [1.54, 1.807) is 7.11 Å². The summed E-state index contributed by atoms with van der Waals surface area (Å²) >= 11 is 0. The molecule has 1 aromatic carbocycles. The van der Waals surface area contributed by atoms with Crippen LogP contribution in [0.3, 0.4) is 0 Å². The van der Waals surface area contributed by atoms with Gasteiger partial charge in [0.15, 0.2) is 0 Å². The molecule has 2 rings (SSSR count). The standard InChI is InChI=1S/C15H23NO3/c1-3-18-14-11-13(15(14)17-2)16-9-10-19-12-7-5-4-6-8-12/h4-8,13-16H,3,9-11H2,1-2H3. The quantitative estimate of drug-likeness (QED) is 0.728. The van der Waals surface area contributed by atoms with E-state index in [1.807, 2.05) is 37.3 Å². The summed E-state index contributed by atoms with van der Waals surface area (Å²) in [7, 11) is 1.74. The molecule has 0 radical (unpaired) electrons. The molecule has 1 aromatic rings. The lowest BCUT2D eigenvalue weighted by molar-refractivity contribution is -0.131. The third-order valence-corrected chi connectivity index (χ3v) is 3.42. The maximum Gasteiger partial charge on any atom is 0.119 e. The highest BCUT2D eigenvalue weighted by Crippen LogP contribution is 2.26. The first-order chi connectivity index (χ1) is 9.35. The van der Waals surface area contributed by atoms with Gasteiger partial charge in [-0.15, -0.1) is 0 Å². The second-order valence-electron chi connectivity index (χ2n) is 4.65. The fraction of sp³-hybridized carbons (Fsp3) is 0.600. The van der Waals surface area contributed by atoms with E-state index in [-0.39, 0.29) is 12.2 Å². The van der Waals surface area contributed by atoms with Crippen molar-refractivity contribution in [2.75, 3.05) is 26.9 Å². The van der Waals surface area contributed by atoms with Gasteiger partial charge in [0.2, 0.25) is 0 Å². The number of rotatable bonds is 8. The summed E-state index contributed by atoms with van der Waals surface area (Å²) in [4.78, 5) is 0. The lowest BCUT2D eigenvalue weighted by atomic mass is 9.85. The highest BCUT2D eigenvalue weighted by molar-refractivity contribution is 5.20. The van der Waals surface area contributed by atoms with Gasteiger partial charge in [0.05, 0.1) is 12.2 Å². The Balaban J connectivity index is 1.61. The molecule has 1 saturated carbocycles. The lowest BCUT2D eigenvalue weighted by Crippen LogP contribution is -2.60. The van der Waals surface area contributed by atoms with Crippen molar-refractivity contribution in [2.24, 2.45) is 0 Å². The zero-order valence-electron chi connectivity index (χ0n) is 11.7. The van der Waals surface area contributed by atoms with Crippen LogP contribution in [0, 0.1) is 0 Å². The number of ether oxygens (including phenoxy) is 3. The van der Waals surface area contributed by atoms with Gasteiger partial charge in [-0.3, -0.25) is 0 Å². The van der Waals surface area contributed by atoms with Crippen molar-refractivity contribution in [3.05, 3.63) is 30.3 Å². The molecule has 4 nitrogen and oxygen atoms in total. The van der Waals surface area contributed by atoms with E-state index >= 15 is 0 Å². The maximum absolute atomic E-state index is 5.63. The minimum Gasteiger partial charge on any atom is -0.492 e. The summed E-state index contributed by atoms with van der Waals surface area (Å²) in [6, 6.07) is 10.2. The second-order valence-corrected chi connectivity index (χ2v) is 4.65. The van der Waals surface area contributed by atoms with Crippen LogP contribution in [0.25, 0.3) is 0 Å². The molecule has 0 amide bonds. The van der Waals surface area contributed by atoms with Gasteiger partial charge in [0.1, 0.15) is 12.4 Å². The topological polar surface area (TPSA) is 39.7 Å². The van der Waals surface area contributed by atoms with Crippen LogP contribution in [0.4, 0.5) is 0 Å². The average molecular weight is 265 g/mol. The molecule has 106 valence electrons. The summed E-state index contributed by atoms with van der Waals surface area (Å²) < 4.78 is 16.7. The van der Waals surface area contributed by atoms with Crippen molar-refractivity contribution in [1.29, 1.82) is 0 Å². The van der Waals surface area contributed by atoms with Gasteiger partial charge in [-0.05, 0) is 25.5 Å². The third-order valence-electron chi connectivity index (χ3n) is 3.42. The largest absolute Gasteiger partial charge is 0.492 e. The average Bonchev–Trinajstić information content (AvgIpc) is 2.42. The summed E-state index contributed by atoms with van der Waals surface area (Å²) in [5.41, 5.74) is 0. The summed E-state index contributed by atoms with van der Waals surface area (Å²) in [6.45, 7) is 4.24. The Morgan fingerprint density at radius 1 is 1.26 bits per heavy atom. The summed E-state index contributed by atoms with van der Waals surface area (Å²) in [6.07, 6.45) is 1.41. The van der Waals surface area contributed by atoms with Crippen molar-refractivity contribution in [3.63, 3.8) is 0 Å². The minimum absolute atomic E-state index is 0.164. The smallest absolute Gasteiger partial charge is 0.119 e. The number of nitrogens with one attached hydrogen (secondary N) is 1. The molecular formula is C15H23NO3. The predicted octanol–water partition coefficient (Wildman–Crippen LogP) is 1.85. The SMILES string of the molecule is CCOC1CC(NCCOc2ccccc2)C1OC. The molecule has 0 aliphatic heterocycles. The number of methoxy groups -OCH3 is 1. The van der Waals surface area contributed by atoms with E-state index in [2.05, 4.69) is 5.32 Å². The Labute approximate surface area is 115 Å². The third kappa shape index (κ3) is 3.93. The predicted molar refractivity (Wildman–Crippen MR) is 74.6 cm³/mol. The first-order valence-corrected chi connectivity index (χ1v) is 6.90. The Morgan fingerprint density at radius 3 is 2.74 bits per heavy atom. The normalized spacial score (nSPS) is 25.9. The van der Waals surface area contributed by atoms with Crippen LogP contribution in [0.5, 0.6) is 5.75 Å². The first kappa shape index (κ1) is 14.3. The monoisotopic (exact) mass is 265 g/mol. The van der Waals surface area contributed by atoms with E-state index in [0.29, 0.717) is 12.6 Å². The van der Waals surface area contributed by atoms with Gasteiger partial charge in [0, 0.05) is 26.3 Å². The number of hydrogen-bond acceptors (Lipinski definition) is 4. The molecule has 3 atom stereocenters. The number of hydrogen-bond donors (Lipinski definition) is 1. The highest BCUT2D eigenvalue weighted by Gasteiger charge is 2.41. The molecular weight excluding hydrogens is 242 g/mol. The van der Waals surface area contributed by atoms with Crippen LogP contribution in [0.15, 0.2) is 30.3 Å². The van der Waals surface area contributed by atoms with Crippen molar-refractivity contribution >= 4 is 0 Å². The lowest BCUT2D eigenvalue weighted by Gasteiger charge is -2.43. The Morgan fingerprint density at radius 2 is 2.05 bits per heavy atom. The van der Waals surface area contributed by atoms with Gasteiger partial charge in [0.25, 0.3) is 0 Å². The van der Waals surface area contributed by atoms with Crippen molar-refractivity contribution in [3.8, 4) is 5.75 Å². The van der Waals surface area contributed by atoms with Gasteiger partial charge >= 0.3 is 0 Å². The Hall–Kier alpha value is -1.10. The molecule has 19 heavy (non-hydrogen) atoms. The summed E-state index contributed by atoms with van der Waals surface area (Å²) in [5, 5.41) is 3.45. The fourth-order valence-electron chi connectivity index (χ4n) is 2.40. The van der Waals surface area contributed by atoms with E-state index in [1.165, 1.54) is 0 Å². The molecule has 0 bridgehead atoms. The molecule has 1 fully saturated rings. The van der Waals surface area contributed by atoms with Crippen LogP contribution in [0.1, 0.15) is 13.3 Å². The van der Waals surface area contributed by atoms with Gasteiger partial charge in [-0.25, -0.2) is 0 Å². The van der Waals surface area contributed by atoms with E-state index in [0.717, 1.165) is 25.3 Å². The molecule has 1 N–H and O–H groups in total. The van der Waals surface area contributed by atoms with E-state index in [4.69, 9.17) is 14.2 Å². The molecule has 0 saturated heterocycles. The number of benzene rings is 1. The van der Waals surface area contributed by atoms with Crippen molar-refractivity contribution in [2.45, 2.75) is 31.6 Å². The Bertz CT molecular complexity index is 358. The van der Waals surface area contributed by atoms with Gasteiger partial charge in [-0.2, -0.15) is 0 Å². The van der Waals surface area contributed by atoms with Crippen LogP contribution in [-0.2, 0) is 9.47 Å². The molecule has 4 heteroatoms. The summed E-state index contributed by atoms with van der Waals surface area (Å²) in [5.74, 6) is 0.911. The van der Waals surface area contributed by atoms with Crippen LogP contribution in [-0.4, -0.2) is 45.1 Å². The van der Waals surface area contributed by atoms with Crippen LogP contribution >= 0.6 is 0 Å². The number of para-hydroxylation sites is 1. The Kier molecular flexibility index (Phi) is 5.63. The minimum atomic E-state index is 0.164. The van der Waals surface area contributed by atoms with E-state index < -0.39 is 0 Å². The van der Waals surface area contributed by atoms with Crippen LogP contribution in [0.2, 0.25) is 0 Å². The van der Waals surface area contributed by atoms with Crippen molar-refractivity contribution < 1.29 is 14.2 Å². The van der Waals surface area contributed by atoms with Crippen LogP contribution < -0.4 is 10.1 Å². The molecule has 3 unspecified atom stereocenters. The highest BCUT2D eigenvalue weighted by atomic mass is 16.5. The fourth-order valence-corrected chi connectivity index (χ4v) is 2.40. The molecule has 0 aromatic heterocycles. The van der Waals surface area contributed by atoms with E-state index in [9.17, 15) is 0 Å². The van der Waals surface area contributed by atoms with Gasteiger partial charge < -0.3 is 19.5 Å². The maximum atomic E-state index is 5.63. The molecule has 1 aliphatic carbocycles. The molecule has 0 heterocycles. The molecule has 1 aliphatic rings. The first-order valence-electron chi connectivity index (χ1n) is 6.90. The second kappa shape index (κ2) is 7.48. The van der Waals surface area contributed by atoms with Crippen molar-refractivity contribution in [1.82, 2.24) is 5.32 Å². The van der Waals surface area contributed by atoms with Gasteiger partial charge in [-0.1, -0.05) is 18.2 Å². The zero-order chi connectivity index (χ0) is 13.5. The molecule has 0 spiro atoms.